The first-order valence-electron chi connectivity index (χ1n) is 7.68. The Morgan fingerprint density at radius 3 is 2.10 bits per heavy atom. The fraction of sp³-hybridized carbons (Fsp3) is 0.368. The van der Waals surface area contributed by atoms with Crippen LogP contribution in [0.2, 0.25) is 0 Å². The summed E-state index contributed by atoms with van der Waals surface area (Å²) in [6, 6.07) is 17.2. The lowest BCUT2D eigenvalue weighted by atomic mass is 9.69. The zero-order valence-corrected chi connectivity index (χ0v) is 12.9. The van der Waals surface area contributed by atoms with Crippen LogP contribution in [0.5, 0.6) is 0 Å². The molecule has 0 bridgehead atoms. The molecule has 1 nitrogen and oxygen atoms in total. The minimum absolute atomic E-state index is 0.105. The van der Waals surface area contributed by atoms with Crippen molar-refractivity contribution in [2.24, 2.45) is 5.73 Å². The van der Waals surface area contributed by atoms with Gasteiger partial charge in [-0.05, 0) is 36.5 Å². The van der Waals surface area contributed by atoms with Gasteiger partial charge in [0, 0.05) is 11.5 Å². The summed E-state index contributed by atoms with van der Waals surface area (Å²) in [5, 5.41) is 0. The van der Waals surface area contributed by atoms with Crippen LogP contribution < -0.4 is 5.73 Å². The maximum atomic E-state index is 13.9. The Balaban J connectivity index is 2.32. The van der Waals surface area contributed by atoms with Crippen LogP contribution in [0.3, 0.4) is 0 Å². The van der Waals surface area contributed by atoms with E-state index in [-0.39, 0.29) is 17.3 Å². The number of halogens is 1. The van der Waals surface area contributed by atoms with Crippen LogP contribution in [-0.2, 0) is 11.8 Å². The molecular formula is C19H24FN. The molecule has 0 radical (unpaired) electrons. The van der Waals surface area contributed by atoms with Gasteiger partial charge in [0.2, 0.25) is 0 Å². The Morgan fingerprint density at radius 1 is 0.952 bits per heavy atom. The van der Waals surface area contributed by atoms with Gasteiger partial charge >= 0.3 is 0 Å². The first-order chi connectivity index (χ1) is 10.1. The van der Waals surface area contributed by atoms with Crippen LogP contribution in [0.4, 0.5) is 4.39 Å². The molecule has 0 saturated carbocycles. The summed E-state index contributed by atoms with van der Waals surface area (Å²) < 4.78 is 13.9. The van der Waals surface area contributed by atoms with Crippen molar-refractivity contribution in [1.82, 2.24) is 0 Å². The fourth-order valence-corrected chi connectivity index (χ4v) is 3.26. The molecule has 112 valence electrons. The third kappa shape index (κ3) is 3.16. The monoisotopic (exact) mass is 285 g/mol. The second kappa shape index (κ2) is 6.86. The first-order valence-corrected chi connectivity index (χ1v) is 7.68. The fourth-order valence-electron chi connectivity index (χ4n) is 3.26. The molecule has 0 saturated heterocycles. The number of benzene rings is 2. The first kappa shape index (κ1) is 15.7. The van der Waals surface area contributed by atoms with E-state index in [1.165, 1.54) is 11.6 Å². The van der Waals surface area contributed by atoms with E-state index >= 15 is 0 Å². The second-order valence-corrected chi connectivity index (χ2v) is 5.63. The second-order valence-electron chi connectivity index (χ2n) is 5.63. The zero-order chi connectivity index (χ0) is 15.3. The van der Waals surface area contributed by atoms with E-state index in [0.29, 0.717) is 12.0 Å². The molecule has 0 aromatic heterocycles. The molecule has 1 unspecified atom stereocenters. The van der Waals surface area contributed by atoms with Crippen LogP contribution in [-0.4, -0.2) is 6.04 Å². The summed E-state index contributed by atoms with van der Waals surface area (Å²) in [4.78, 5) is 0. The molecule has 1 atom stereocenters. The van der Waals surface area contributed by atoms with Gasteiger partial charge in [-0.1, -0.05) is 62.4 Å². The van der Waals surface area contributed by atoms with Crippen LogP contribution >= 0.6 is 0 Å². The molecule has 0 heterocycles. The van der Waals surface area contributed by atoms with Gasteiger partial charge in [0.1, 0.15) is 5.82 Å². The maximum absolute atomic E-state index is 13.9. The number of hydrogen-bond donors (Lipinski definition) is 1. The standard InChI is InChI=1S/C19H24FN/c1-3-19(4-2,16-11-6-5-7-12-16)18(21)14-15-10-8-9-13-17(15)20/h5-13,18H,3-4,14,21H2,1-2H3. The molecule has 0 aliphatic rings. The number of hydrogen-bond acceptors (Lipinski definition) is 1. The Morgan fingerprint density at radius 2 is 1.52 bits per heavy atom. The lowest BCUT2D eigenvalue weighted by Crippen LogP contribution is -2.46. The molecule has 0 aliphatic heterocycles. The molecule has 2 N–H and O–H groups in total. The molecule has 0 amide bonds. The van der Waals surface area contributed by atoms with Gasteiger partial charge in [-0.2, -0.15) is 0 Å². The van der Waals surface area contributed by atoms with E-state index in [1.807, 2.05) is 30.3 Å². The molecular weight excluding hydrogens is 261 g/mol. The van der Waals surface area contributed by atoms with Crippen LogP contribution in [0.15, 0.2) is 54.6 Å². The molecule has 0 aliphatic carbocycles. The van der Waals surface area contributed by atoms with Crippen molar-refractivity contribution in [3.63, 3.8) is 0 Å². The molecule has 2 heteroatoms. The highest BCUT2D eigenvalue weighted by molar-refractivity contribution is 5.29. The van der Waals surface area contributed by atoms with Crippen molar-refractivity contribution < 1.29 is 4.39 Å². The van der Waals surface area contributed by atoms with Gasteiger partial charge in [-0.3, -0.25) is 0 Å². The van der Waals surface area contributed by atoms with Gasteiger partial charge in [-0.15, -0.1) is 0 Å². The molecule has 2 aromatic carbocycles. The maximum Gasteiger partial charge on any atom is 0.126 e. The average molecular weight is 285 g/mol. The number of rotatable bonds is 6. The average Bonchev–Trinajstić information content (AvgIpc) is 2.52. The van der Waals surface area contributed by atoms with Crippen molar-refractivity contribution in [1.29, 1.82) is 0 Å². The van der Waals surface area contributed by atoms with Gasteiger partial charge in [-0.25, -0.2) is 4.39 Å². The van der Waals surface area contributed by atoms with Gasteiger partial charge in [0.05, 0.1) is 0 Å². The molecule has 2 aromatic rings. The zero-order valence-electron chi connectivity index (χ0n) is 12.9. The lowest BCUT2D eigenvalue weighted by Gasteiger charge is -2.38. The summed E-state index contributed by atoms with van der Waals surface area (Å²) in [5.41, 5.74) is 8.38. The van der Waals surface area contributed by atoms with Crippen molar-refractivity contribution in [3.05, 3.63) is 71.5 Å². The quantitative estimate of drug-likeness (QED) is 0.833. The van der Waals surface area contributed by atoms with Crippen molar-refractivity contribution in [2.45, 2.75) is 44.6 Å². The summed E-state index contributed by atoms with van der Waals surface area (Å²) in [6.45, 7) is 4.33. The predicted molar refractivity (Wildman–Crippen MR) is 86.8 cm³/mol. The SMILES string of the molecule is CCC(CC)(c1ccccc1)C(N)Cc1ccccc1F. The van der Waals surface area contributed by atoms with E-state index < -0.39 is 0 Å². The van der Waals surface area contributed by atoms with Crippen molar-refractivity contribution >= 4 is 0 Å². The number of nitrogens with two attached hydrogens (primary N) is 1. The topological polar surface area (TPSA) is 26.0 Å². The van der Waals surface area contributed by atoms with Crippen LogP contribution in [0.25, 0.3) is 0 Å². The van der Waals surface area contributed by atoms with Crippen molar-refractivity contribution in [3.8, 4) is 0 Å². The summed E-state index contributed by atoms with van der Waals surface area (Å²) in [6.07, 6.45) is 2.45. The third-order valence-electron chi connectivity index (χ3n) is 4.72. The van der Waals surface area contributed by atoms with E-state index in [1.54, 1.807) is 6.07 Å². The Kier molecular flexibility index (Phi) is 5.13. The summed E-state index contributed by atoms with van der Waals surface area (Å²) in [7, 11) is 0. The smallest absolute Gasteiger partial charge is 0.126 e. The Hall–Kier alpha value is -1.67. The van der Waals surface area contributed by atoms with E-state index in [4.69, 9.17) is 5.73 Å². The van der Waals surface area contributed by atoms with E-state index in [2.05, 4.69) is 26.0 Å². The largest absolute Gasteiger partial charge is 0.327 e. The van der Waals surface area contributed by atoms with Gasteiger partial charge < -0.3 is 5.73 Å². The lowest BCUT2D eigenvalue weighted by molar-refractivity contribution is 0.313. The molecule has 21 heavy (non-hydrogen) atoms. The van der Waals surface area contributed by atoms with Gasteiger partial charge in [0.15, 0.2) is 0 Å². The molecule has 0 spiro atoms. The Bertz CT molecular complexity index is 561. The minimum Gasteiger partial charge on any atom is -0.327 e. The Labute approximate surface area is 127 Å². The summed E-state index contributed by atoms with van der Waals surface area (Å²) >= 11 is 0. The highest BCUT2D eigenvalue weighted by Gasteiger charge is 2.35. The van der Waals surface area contributed by atoms with E-state index in [9.17, 15) is 4.39 Å². The third-order valence-corrected chi connectivity index (χ3v) is 4.72. The molecule has 0 fully saturated rings. The highest BCUT2D eigenvalue weighted by Crippen LogP contribution is 2.35. The highest BCUT2D eigenvalue weighted by atomic mass is 19.1. The van der Waals surface area contributed by atoms with Crippen LogP contribution in [0, 0.1) is 5.82 Å². The minimum atomic E-state index is -0.165. The van der Waals surface area contributed by atoms with Gasteiger partial charge in [0.25, 0.3) is 0 Å². The van der Waals surface area contributed by atoms with Crippen molar-refractivity contribution in [2.75, 3.05) is 0 Å². The van der Waals surface area contributed by atoms with Crippen LogP contribution in [0.1, 0.15) is 37.8 Å². The normalized spacial score (nSPS) is 13.1. The molecule has 2 rings (SSSR count). The predicted octanol–water partition coefficient (Wildman–Crippen LogP) is 4.45. The summed E-state index contributed by atoms with van der Waals surface area (Å²) in [5.74, 6) is -0.165. The van der Waals surface area contributed by atoms with E-state index in [0.717, 1.165) is 12.8 Å².